The van der Waals surface area contributed by atoms with Crippen LogP contribution < -0.4 is 9.62 Å². The van der Waals surface area contributed by atoms with Crippen molar-refractivity contribution in [1.29, 1.82) is 0 Å². The maximum Gasteiger partial charge on any atom is 0.264 e. The van der Waals surface area contributed by atoms with E-state index in [1.807, 2.05) is 33.8 Å². The number of carbonyl (C=O) groups excluding carboxylic acids is 2. The lowest BCUT2D eigenvalue weighted by Gasteiger charge is -2.35. The van der Waals surface area contributed by atoms with Crippen molar-refractivity contribution >= 4 is 50.7 Å². The standard InChI is InChI=1S/C30H35Cl2N3O4S/c1-6-27(29(37)33-30(3,4)5)34(19-24-25(31)16-11-17-26(24)32)28(36)20-35(22-13-10-12-21(2)18-22)40(38,39)23-14-8-7-9-15-23/h7-18,27H,6,19-20H2,1-5H3,(H,33,37). The van der Waals surface area contributed by atoms with Gasteiger partial charge in [-0.2, -0.15) is 0 Å². The number of benzene rings is 3. The second-order valence-electron chi connectivity index (χ2n) is 10.5. The van der Waals surface area contributed by atoms with Gasteiger partial charge in [-0.15, -0.1) is 0 Å². The fraction of sp³-hybridized carbons (Fsp3) is 0.333. The molecule has 0 aliphatic heterocycles. The van der Waals surface area contributed by atoms with E-state index in [-0.39, 0.29) is 23.8 Å². The van der Waals surface area contributed by atoms with Crippen LogP contribution >= 0.6 is 23.2 Å². The van der Waals surface area contributed by atoms with E-state index in [9.17, 15) is 18.0 Å². The number of hydrogen-bond donors (Lipinski definition) is 1. The van der Waals surface area contributed by atoms with Crippen LogP contribution in [0.25, 0.3) is 0 Å². The van der Waals surface area contributed by atoms with E-state index >= 15 is 0 Å². The van der Waals surface area contributed by atoms with Crippen LogP contribution in [0.2, 0.25) is 10.0 Å². The summed E-state index contributed by atoms with van der Waals surface area (Å²) in [6.45, 7) is 8.55. The number of amides is 2. The van der Waals surface area contributed by atoms with E-state index in [4.69, 9.17) is 23.2 Å². The number of sulfonamides is 1. The minimum atomic E-state index is -4.14. The molecule has 0 fully saturated rings. The third-order valence-corrected chi connectivity index (χ3v) is 8.67. The van der Waals surface area contributed by atoms with Gasteiger partial charge < -0.3 is 10.2 Å². The summed E-state index contributed by atoms with van der Waals surface area (Å²) < 4.78 is 28.8. The van der Waals surface area contributed by atoms with Crippen molar-refractivity contribution in [3.05, 3.63) is 94.0 Å². The van der Waals surface area contributed by atoms with Crippen LogP contribution in [-0.2, 0) is 26.2 Å². The summed E-state index contributed by atoms with van der Waals surface area (Å²) in [6, 6.07) is 18.9. The van der Waals surface area contributed by atoms with E-state index in [1.54, 1.807) is 61.5 Å². The van der Waals surface area contributed by atoms with Gasteiger partial charge in [0.15, 0.2) is 0 Å². The molecule has 0 aromatic heterocycles. The highest BCUT2D eigenvalue weighted by molar-refractivity contribution is 7.92. The minimum absolute atomic E-state index is 0.0440. The van der Waals surface area contributed by atoms with Gasteiger partial charge in [0.2, 0.25) is 11.8 Å². The molecule has 3 aromatic carbocycles. The number of aryl methyl sites for hydroxylation is 1. The van der Waals surface area contributed by atoms with Crippen LogP contribution in [0.4, 0.5) is 5.69 Å². The molecule has 0 spiro atoms. The molecular formula is C30H35Cl2N3O4S. The van der Waals surface area contributed by atoms with Crippen LogP contribution in [0.15, 0.2) is 77.7 Å². The van der Waals surface area contributed by atoms with Crippen LogP contribution in [0, 0.1) is 6.92 Å². The number of halogens is 2. The van der Waals surface area contributed by atoms with Crippen molar-refractivity contribution in [3.8, 4) is 0 Å². The number of rotatable bonds is 10. The minimum Gasteiger partial charge on any atom is -0.350 e. The average Bonchev–Trinajstić information content (AvgIpc) is 2.88. The Bertz CT molecular complexity index is 1440. The van der Waals surface area contributed by atoms with Crippen molar-refractivity contribution in [2.45, 2.75) is 64.1 Å². The third-order valence-electron chi connectivity index (χ3n) is 6.17. The van der Waals surface area contributed by atoms with Gasteiger partial charge in [0.25, 0.3) is 10.0 Å². The molecule has 1 N–H and O–H groups in total. The van der Waals surface area contributed by atoms with Crippen LogP contribution in [0.3, 0.4) is 0 Å². The summed E-state index contributed by atoms with van der Waals surface area (Å²) in [7, 11) is -4.14. The Labute approximate surface area is 247 Å². The molecule has 0 saturated heterocycles. The van der Waals surface area contributed by atoms with Gasteiger partial charge in [-0.05, 0) is 76.1 Å². The Morgan fingerprint density at radius 1 is 0.925 bits per heavy atom. The lowest BCUT2D eigenvalue weighted by atomic mass is 10.1. The molecule has 7 nitrogen and oxygen atoms in total. The smallest absolute Gasteiger partial charge is 0.264 e. The zero-order chi connectivity index (χ0) is 29.7. The molecule has 0 aliphatic carbocycles. The fourth-order valence-corrected chi connectivity index (χ4v) is 6.20. The van der Waals surface area contributed by atoms with Gasteiger partial charge in [-0.25, -0.2) is 8.42 Å². The van der Waals surface area contributed by atoms with Crippen molar-refractivity contribution in [1.82, 2.24) is 10.2 Å². The zero-order valence-corrected chi connectivity index (χ0v) is 25.6. The molecule has 0 bridgehead atoms. The number of hydrogen-bond acceptors (Lipinski definition) is 4. The van der Waals surface area contributed by atoms with Gasteiger partial charge in [-0.1, -0.05) is 66.5 Å². The predicted molar refractivity (Wildman–Crippen MR) is 161 cm³/mol. The van der Waals surface area contributed by atoms with Crippen LogP contribution in [0.1, 0.15) is 45.2 Å². The van der Waals surface area contributed by atoms with Gasteiger partial charge >= 0.3 is 0 Å². The average molecular weight is 605 g/mol. The van der Waals surface area contributed by atoms with E-state index in [0.29, 0.717) is 21.3 Å². The normalized spacial score (nSPS) is 12.5. The molecule has 1 atom stereocenters. The molecule has 0 saturated carbocycles. The quantitative estimate of drug-likeness (QED) is 0.298. The van der Waals surface area contributed by atoms with Crippen molar-refractivity contribution in [3.63, 3.8) is 0 Å². The molecule has 0 radical (unpaired) electrons. The Morgan fingerprint density at radius 3 is 2.08 bits per heavy atom. The van der Waals surface area contributed by atoms with Gasteiger partial charge in [0.05, 0.1) is 10.6 Å². The first-order chi connectivity index (χ1) is 18.7. The number of nitrogens with zero attached hydrogens (tertiary/aromatic N) is 2. The van der Waals surface area contributed by atoms with Crippen molar-refractivity contribution < 1.29 is 18.0 Å². The van der Waals surface area contributed by atoms with E-state index in [1.165, 1.54) is 17.0 Å². The lowest BCUT2D eigenvalue weighted by Crippen LogP contribution is -2.55. The summed E-state index contributed by atoms with van der Waals surface area (Å²) in [5.41, 5.74) is 1.08. The molecule has 40 heavy (non-hydrogen) atoms. The maximum atomic E-state index is 14.1. The van der Waals surface area contributed by atoms with Crippen LogP contribution in [0.5, 0.6) is 0 Å². The lowest BCUT2D eigenvalue weighted by molar-refractivity contribution is -0.141. The molecule has 2 amide bonds. The van der Waals surface area contributed by atoms with Gasteiger partial charge in [0, 0.05) is 27.7 Å². The Morgan fingerprint density at radius 2 is 1.52 bits per heavy atom. The molecule has 3 aromatic rings. The van der Waals surface area contributed by atoms with Gasteiger partial charge in [0.1, 0.15) is 12.6 Å². The highest BCUT2D eigenvalue weighted by Crippen LogP contribution is 2.29. The van der Waals surface area contributed by atoms with Gasteiger partial charge in [-0.3, -0.25) is 13.9 Å². The second-order valence-corrected chi connectivity index (χ2v) is 13.2. The van der Waals surface area contributed by atoms with Crippen molar-refractivity contribution in [2.75, 3.05) is 10.8 Å². The monoisotopic (exact) mass is 603 g/mol. The van der Waals surface area contributed by atoms with Crippen molar-refractivity contribution in [2.24, 2.45) is 0 Å². The van der Waals surface area contributed by atoms with Crippen LogP contribution in [-0.4, -0.2) is 43.3 Å². The summed E-state index contributed by atoms with van der Waals surface area (Å²) >= 11 is 12.9. The summed E-state index contributed by atoms with van der Waals surface area (Å²) in [5, 5.41) is 3.61. The first kappa shape index (κ1) is 31.5. The maximum absolute atomic E-state index is 14.1. The molecule has 214 valence electrons. The SMILES string of the molecule is CCC(C(=O)NC(C)(C)C)N(Cc1c(Cl)cccc1Cl)C(=O)CN(c1cccc(C)c1)S(=O)(=O)c1ccccc1. The molecule has 3 rings (SSSR count). The molecular weight excluding hydrogens is 569 g/mol. The molecule has 1 unspecified atom stereocenters. The highest BCUT2D eigenvalue weighted by atomic mass is 35.5. The van der Waals surface area contributed by atoms with E-state index in [2.05, 4.69) is 5.32 Å². The fourth-order valence-electron chi connectivity index (χ4n) is 4.26. The molecule has 10 heteroatoms. The first-order valence-electron chi connectivity index (χ1n) is 12.9. The largest absolute Gasteiger partial charge is 0.350 e. The summed E-state index contributed by atoms with van der Waals surface area (Å²) in [5.74, 6) is -0.938. The number of anilines is 1. The van der Waals surface area contributed by atoms with E-state index in [0.717, 1.165) is 9.87 Å². The van der Waals surface area contributed by atoms with E-state index < -0.39 is 34.1 Å². The predicted octanol–water partition coefficient (Wildman–Crippen LogP) is 6.22. The molecule has 0 heterocycles. The Kier molecular flexibility index (Phi) is 10.3. The first-order valence-corrected chi connectivity index (χ1v) is 15.1. The Hall–Kier alpha value is -3.07. The molecule has 0 aliphatic rings. The third kappa shape index (κ3) is 7.77. The zero-order valence-electron chi connectivity index (χ0n) is 23.3. The Balaban J connectivity index is 2.11. The summed E-state index contributed by atoms with van der Waals surface area (Å²) in [4.78, 5) is 29.0. The summed E-state index contributed by atoms with van der Waals surface area (Å²) in [6.07, 6.45) is 0.283. The second kappa shape index (κ2) is 13.1. The number of nitrogens with one attached hydrogen (secondary N) is 1. The topological polar surface area (TPSA) is 86.8 Å². The highest BCUT2D eigenvalue weighted by Gasteiger charge is 2.35. The number of carbonyl (C=O) groups is 2.